The van der Waals surface area contributed by atoms with Crippen molar-refractivity contribution in [2.24, 2.45) is 0 Å². The van der Waals surface area contributed by atoms with E-state index < -0.39 is 11.9 Å². The second-order valence-electron chi connectivity index (χ2n) is 6.96. The Labute approximate surface area is 182 Å². The Kier molecular flexibility index (Phi) is 7.01. The number of anilines is 1. The van der Waals surface area contributed by atoms with E-state index in [0.717, 1.165) is 6.20 Å². The number of hydrogen-bond acceptors (Lipinski definition) is 7. The zero-order valence-electron chi connectivity index (χ0n) is 17.8. The highest BCUT2D eigenvalue weighted by Crippen LogP contribution is 2.27. The molecule has 0 radical (unpaired) electrons. The number of carbonyl (C=O) groups excluding carboxylic acids is 1. The van der Waals surface area contributed by atoms with Crippen LogP contribution in [0.3, 0.4) is 0 Å². The normalized spacial score (nSPS) is 12.4. The minimum atomic E-state index is -4.55. The van der Waals surface area contributed by atoms with Crippen LogP contribution in [0.5, 0.6) is 0 Å². The van der Waals surface area contributed by atoms with Crippen molar-refractivity contribution in [1.29, 1.82) is 0 Å². The highest BCUT2D eigenvalue weighted by Gasteiger charge is 2.33. The smallest absolute Gasteiger partial charge is 0.367 e. The zero-order chi connectivity index (χ0) is 23.3. The lowest BCUT2D eigenvalue weighted by Crippen LogP contribution is -2.44. The van der Waals surface area contributed by atoms with Crippen LogP contribution in [0.4, 0.5) is 19.0 Å². The molecule has 9 nitrogen and oxygen atoms in total. The molecule has 170 valence electrons. The van der Waals surface area contributed by atoms with Crippen LogP contribution in [-0.2, 0) is 6.18 Å². The number of carbonyl (C=O) groups is 1. The van der Waals surface area contributed by atoms with Crippen molar-refractivity contribution in [3.63, 3.8) is 0 Å². The van der Waals surface area contributed by atoms with Gasteiger partial charge in [0, 0.05) is 24.8 Å². The van der Waals surface area contributed by atoms with E-state index in [1.807, 2.05) is 13.8 Å². The number of halogens is 3. The van der Waals surface area contributed by atoms with Crippen LogP contribution < -0.4 is 5.32 Å². The van der Waals surface area contributed by atoms with E-state index in [0.29, 0.717) is 30.5 Å². The van der Waals surface area contributed by atoms with Crippen molar-refractivity contribution in [3.05, 3.63) is 54.0 Å². The summed E-state index contributed by atoms with van der Waals surface area (Å²) < 4.78 is 38.0. The van der Waals surface area contributed by atoms with E-state index in [1.165, 1.54) is 17.2 Å². The van der Waals surface area contributed by atoms with E-state index in [9.17, 15) is 18.0 Å². The Morgan fingerprint density at radius 1 is 1.16 bits per heavy atom. The summed E-state index contributed by atoms with van der Waals surface area (Å²) in [6, 6.07) is 3.24. The molecule has 3 aromatic rings. The largest absolute Gasteiger partial charge is 0.434 e. The fraction of sp³-hybridized carbons (Fsp3) is 0.400. The van der Waals surface area contributed by atoms with Crippen molar-refractivity contribution in [3.8, 4) is 5.69 Å². The number of nitrogens with zero attached hydrogens (tertiary/aromatic N) is 7. The van der Waals surface area contributed by atoms with Crippen LogP contribution in [0.2, 0.25) is 0 Å². The Bertz CT molecular complexity index is 1040. The third-order valence-electron chi connectivity index (χ3n) is 4.82. The Morgan fingerprint density at radius 3 is 2.44 bits per heavy atom. The monoisotopic (exact) mass is 448 g/mol. The Morgan fingerprint density at radius 2 is 1.88 bits per heavy atom. The number of alkyl halides is 3. The molecular formula is C20H23F3N8O. The maximum Gasteiger partial charge on any atom is 0.434 e. The molecule has 1 amide bonds. The van der Waals surface area contributed by atoms with Gasteiger partial charge in [-0.15, -0.1) is 4.80 Å². The standard InChI is InChI=1S/C20H23F3N8O/c1-4-14(10-25-17-12-24-16(11-26-17)20(21,22)23)30(5-2)19(32)18-15(7-6-13(3)29-18)31-27-8-9-28-31/h6-9,11-12,14H,4-5,10H2,1-3H3,(H,25,26). The van der Waals surface area contributed by atoms with Crippen LogP contribution in [0.25, 0.3) is 5.69 Å². The first-order chi connectivity index (χ1) is 15.2. The first-order valence-corrected chi connectivity index (χ1v) is 10.0. The van der Waals surface area contributed by atoms with Gasteiger partial charge in [-0.2, -0.15) is 23.4 Å². The second kappa shape index (κ2) is 9.71. The van der Waals surface area contributed by atoms with Gasteiger partial charge in [0.1, 0.15) is 11.5 Å². The molecule has 12 heteroatoms. The molecule has 0 aliphatic carbocycles. The number of amides is 1. The summed E-state index contributed by atoms with van der Waals surface area (Å²) in [5.41, 5.74) is 0.286. The molecule has 0 fully saturated rings. The lowest BCUT2D eigenvalue weighted by atomic mass is 10.1. The Hall–Kier alpha value is -3.57. The molecule has 32 heavy (non-hydrogen) atoms. The average Bonchev–Trinajstić information content (AvgIpc) is 3.30. The summed E-state index contributed by atoms with van der Waals surface area (Å²) in [5, 5.41) is 11.2. The molecule has 0 bridgehead atoms. The molecule has 1 N–H and O–H groups in total. The lowest BCUT2D eigenvalue weighted by molar-refractivity contribution is -0.141. The van der Waals surface area contributed by atoms with Gasteiger partial charge in [-0.1, -0.05) is 6.92 Å². The fourth-order valence-electron chi connectivity index (χ4n) is 3.17. The number of hydrogen-bond donors (Lipinski definition) is 1. The topological polar surface area (TPSA) is 102 Å². The van der Waals surface area contributed by atoms with Crippen LogP contribution in [0.1, 0.15) is 42.1 Å². The molecule has 0 aliphatic rings. The van der Waals surface area contributed by atoms with Gasteiger partial charge >= 0.3 is 6.18 Å². The van der Waals surface area contributed by atoms with Gasteiger partial charge in [-0.3, -0.25) is 4.79 Å². The third kappa shape index (κ3) is 5.18. The average molecular weight is 448 g/mol. The minimum absolute atomic E-state index is 0.190. The number of aromatic nitrogens is 6. The van der Waals surface area contributed by atoms with E-state index in [1.54, 1.807) is 24.0 Å². The van der Waals surface area contributed by atoms with Crippen LogP contribution in [-0.4, -0.2) is 59.9 Å². The van der Waals surface area contributed by atoms with Gasteiger partial charge in [-0.25, -0.2) is 15.0 Å². The molecule has 3 rings (SSSR count). The second-order valence-corrected chi connectivity index (χ2v) is 6.96. The summed E-state index contributed by atoms with van der Waals surface area (Å²) in [7, 11) is 0. The van der Waals surface area contributed by atoms with Crippen LogP contribution in [0, 0.1) is 6.92 Å². The third-order valence-corrected chi connectivity index (χ3v) is 4.82. The maximum atomic E-state index is 13.4. The predicted octanol–water partition coefficient (Wildman–Crippen LogP) is 3.13. The Balaban J connectivity index is 1.79. The van der Waals surface area contributed by atoms with Gasteiger partial charge in [0.15, 0.2) is 11.4 Å². The highest BCUT2D eigenvalue weighted by molar-refractivity contribution is 5.96. The quantitative estimate of drug-likeness (QED) is 0.565. The van der Waals surface area contributed by atoms with Gasteiger partial charge in [0.05, 0.1) is 24.8 Å². The van der Waals surface area contributed by atoms with Crippen LogP contribution in [0.15, 0.2) is 36.9 Å². The summed E-state index contributed by atoms with van der Waals surface area (Å²) in [6.45, 7) is 6.23. The van der Waals surface area contributed by atoms with Gasteiger partial charge in [0.2, 0.25) is 0 Å². The van der Waals surface area contributed by atoms with Crippen molar-refractivity contribution in [1.82, 2.24) is 34.8 Å². The summed E-state index contributed by atoms with van der Waals surface area (Å²) >= 11 is 0. The van der Waals surface area contributed by atoms with Crippen molar-refractivity contribution in [2.45, 2.75) is 39.4 Å². The number of aryl methyl sites for hydroxylation is 1. The molecule has 1 unspecified atom stereocenters. The lowest BCUT2D eigenvalue weighted by Gasteiger charge is -2.30. The molecule has 0 aliphatic heterocycles. The molecular weight excluding hydrogens is 425 g/mol. The zero-order valence-corrected chi connectivity index (χ0v) is 17.8. The molecule has 3 heterocycles. The summed E-state index contributed by atoms with van der Waals surface area (Å²) in [4.78, 5) is 28.0. The molecule has 0 saturated heterocycles. The SMILES string of the molecule is CCC(CNc1cnc(C(F)(F)F)cn1)N(CC)C(=O)c1nc(C)ccc1-n1nccn1. The van der Waals surface area contributed by atoms with Gasteiger partial charge in [0.25, 0.3) is 5.91 Å². The van der Waals surface area contributed by atoms with Crippen molar-refractivity contribution in [2.75, 3.05) is 18.4 Å². The van der Waals surface area contributed by atoms with Gasteiger partial charge < -0.3 is 10.2 Å². The highest BCUT2D eigenvalue weighted by atomic mass is 19.4. The summed E-state index contributed by atoms with van der Waals surface area (Å²) in [5.74, 6) is -0.106. The molecule has 0 aromatic carbocycles. The number of rotatable bonds is 8. The van der Waals surface area contributed by atoms with E-state index >= 15 is 0 Å². The van der Waals surface area contributed by atoms with Crippen LogP contribution >= 0.6 is 0 Å². The number of likely N-dealkylation sites (N-methyl/N-ethyl adjacent to an activating group) is 1. The van der Waals surface area contributed by atoms with E-state index in [4.69, 9.17) is 0 Å². The predicted molar refractivity (Wildman–Crippen MR) is 110 cm³/mol. The molecule has 0 saturated carbocycles. The van der Waals surface area contributed by atoms with Gasteiger partial charge in [-0.05, 0) is 32.4 Å². The van der Waals surface area contributed by atoms with E-state index in [-0.39, 0.29) is 30.0 Å². The molecule has 0 spiro atoms. The minimum Gasteiger partial charge on any atom is -0.367 e. The molecule has 3 aromatic heterocycles. The van der Waals surface area contributed by atoms with Crippen molar-refractivity contribution >= 4 is 11.7 Å². The van der Waals surface area contributed by atoms with E-state index in [2.05, 4.69) is 30.5 Å². The number of pyridine rings is 1. The fourth-order valence-corrected chi connectivity index (χ4v) is 3.17. The molecule has 1 atom stereocenters. The number of nitrogens with one attached hydrogen (secondary N) is 1. The van der Waals surface area contributed by atoms with Crippen molar-refractivity contribution < 1.29 is 18.0 Å². The maximum absolute atomic E-state index is 13.4. The first-order valence-electron chi connectivity index (χ1n) is 10.0. The first kappa shape index (κ1) is 23.1. The summed E-state index contributed by atoms with van der Waals surface area (Å²) in [6.07, 6.45) is 0.765.